The summed E-state index contributed by atoms with van der Waals surface area (Å²) in [4.78, 5) is 12.2. The molecule has 2 aromatic carbocycles. The van der Waals surface area contributed by atoms with E-state index in [1.165, 1.54) is 0 Å². The first-order valence-electron chi connectivity index (χ1n) is 7.58. The Kier molecular flexibility index (Phi) is 5.09. The molecule has 3 rings (SSSR count). The molecule has 1 atom stereocenters. The van der Waals surface area contributed by atoms with Gasteiger partial charge in [-0.3, -0.25) is 4.79 Å². The number of carbonyl (C=O) groups excluding carboxylic acids is 1. The average molecular weight is 350 g/mol. The Balaban J connectivity index is 1.60. The molecule has 120 valence electrons. The third-order valence-electron chi connectivity index (χ3n) is 3.90. The van der Waals surface area contributed by atoms with Crippen LogP contribution in [0.3, 0.4) is 0 Å². The van der Waals surface area contributed by atoms with E-state index in [1.54, 1.807) is 6.07 Å². The van der Waals surface area contributed by atoms with Crippen LogP contribution in [-0.4, -0.2) is 12.5 Å². The maximum absolute atomic E-state index is 12.2. The van der Waals surface area contributed by atoms with Gasteiger partial charge in [-0.05, 0) is 42.3 Å². The molecule has 1 amide bonds. The summed E-state index contributed by atoms with van der Waals surface area (Å²) in [5, 5.41) is 4.43. The number of benzene rings is 2. The minimum Gasteiger partial charge on any atom is -0.493 e. The van der Waals surface area contributed by atoms with Gasteiger partial charge in [0.05, 0.1) is 12.6 Å². The SMILES string of the molecule is O=C(CCc1ccc(Cl)cc1)NC1CCOc2ccc(Cl)cc21. The molecule has 1 N–H and O–H groups in total. The van der Waals surface area contributed by atoms with Crippen LogP contribution in [0.5, 0.6) is 5.75 Å². The largest absolute Gasteiger partial charge is 0.493 e. The average Bonchev–Trinajstić information content (AvgIpc) is 2.55. The molecule has 1 aliphatic rings. The Hall–Kier alpha value is -1.71. The number of amides is 1. The van der Waals surface area contributed by atoms with E-state index < -0.39 is 0 Å². The number of fused-ring (bicyclic) bond motifs is 1. The molecule has 0 bridgehead atoms. The molecule has 23 heavy (non-hydrogen) atoms. The summed E-state index contributed by atoms with van der Waals surface area (Å²) in [6.07, 6.45) is 1.88. The van der Waals surface area contributed by atoms with Crippen molar-refractivity contribution >= 4 is 29.1 Å². The normalized spacial score (nSPS) is 16.3. The molecule has 0 spiro atoms. The lowest BCUT2D eigenvalue weighted by Gasteiger charge is -2.27. The number of rotatable bonds is 4. The van der Waals surface area contributed by atoms with E-state index in [1.807, 2.05) is 36.4 Å². The standard InChI is InChI=1S/C18H17Cl2NO2/c19-13-4-1-12(2-5-13)3-8-18(22)21-16-9-10-23-17-7-6-14(20)11-15(16)17/h1-2,4-7,11,16H,3,8-10H2,(H,21,22). The Morgan fingerprint density at radius 2 is 1.87 bits per heavy atom. The van der Waals surface area contributed by atoms with E-state index in [-0.39, 0.29) is 11.9 Å². The molecule has 3 nitrogen and oxygen atoms in total. The van der Waals surface area contributed by atoms with Crippen molar-refractivity contribution in [2.75, 3.05) is 6.61 Å². The number of hydrogen-bond acceptors (Lipinski definition) is 2. The number of ether oxygens (including phenoxy) is 1. The minimum atomic E-state index is -0.0461. The quantitative estimate of drug-likeness (QED) is 0.878. The predicted molar refractivity (Wildman–Crippen MR) is 92.2 cm³/mol. The lowest BCUT2D eigenvalue weighted by molar-refractivity contribution is -0.122. The Morgan fingerprint density at radius 1 is 1.13 bits per heavy atom. The highest BCUT2D eigenvalue weighted by atomic mass is 35.5. The molecule has 5 heteroatoms. The highest BCUT2D eigenvalue weighted by molar-refractivity contribution is 6.30. The number of hydrogen-bond donors (Lipinski definition) is 1. The van der Waals surface area contributed by atoms with Crippen molar-refractivity contribution in [2.24, 2.45) is 0 Å². The maximum atomic E-state index is 12.2. The third-order valence-corrected chi connectivity index (χ3v) is 4.39. The van der Waals surface area contributed by atoms with Crippen LogP contribution in [0.25, 0.3) is 0 Å². The second kappa shape index (κ2) is 7.24. The second-order valence-corrected chi connectivity index (χ2v) is 6.44. The van der Waals surface area contributed by atoms with E-state index in [2.05, 4.69) is 5.32 Å². The first kappa shape index (κ1) is 16.2. The van der Waals surface area contributed by atoms with Gasteiger partial charge in [-0.1, -0.05) is 35.3 Å². The predicted octanol–water partition coefficient (Wildman–Crippen LogP) is 4.57. The second-order valence-electron chi connectivity index (χ2n) is 5.57. The summed E-state index contributed by atoms with van der Waals surface area (Å²) in [5.74, 6) is 0.821. The summed E-state index contributed by atoms with van der Waals surface area (Å²) in [5.41, 5.74) is 2.04. The van der Waals surface area contributed by atoms with Gasteiger partial charge in [0, 0.05) is 28.5 Å². The molecule has 0 saturated carbocycles. The van der Waals surface area contributed by atoms with Crippen molar-refractivity contribution in [3.05, 3.63) is 63.6 Å². The fourth-order valence-electron chi connectivity index (χ4n) is 2.69. The number of halogens is 2. The Bertz CT molecular complexity index is 701. The topological polar surface area (TPSA) is 38.3 Å². The van der Waals surface area contributed by atoms with Gasteiger partial charge in [-0.25, -0.2) is 0 Å². The summed E-state index contributed by atoms with van der Waals surface area (Å²) in [7, 11) is 0. The van der Waals surface area contributed by atoms with E-state index in [4.69, 9.17) is 27.9 Å². The molecular formula is C18H17Cl2NO2. The molecule has 0 saturated heterocycles. The van der Waals surface area contributed by atoms with Crippen molar-refractivity contribution in [3.8, 4) is 5.75 Å². The highest BCUT2D eigenvalue weighted by Gasteiger charge is 2.23. The van der Waals surface area contributed by atoms with E-state index in [9.17, 15) is 4.79 Å². The van der Waals surface area contributed by atoms with Crippen molar-refractivity contribution in [3.63, 3.8) is 0 Å². The molecule has 0 aliphatic carbocycles. The van der Waals surface area contributed by atoms with Gasteiger partial charge >= 0.3 is 0 Å². The zero-order valence-electron chi connectivity index (χ0n) is 12.5. The number of nitrogens with one attached hydrogen (secondary N) is 1. The van der Waals surface area contributed by atoms with Crippen LogP contribution >= 0.6 is 23.2 Å². The third kappa shape index (κ3) is 4.18. The lowest BCUT2D eigenvalue weighted by Crippen LogP contribution is -2.32. The van der Waals surface area contributed by atoms with E-state index in [0.29, 0.717) is 29.5 Å². The summed E-state index contributed by atoms with van der Waals surface area (Å²) >= 11 is 11.9. The zero-order chi connectivity index (χ0) is 16.2. The van der Waals surface area contributed by atoms with Crippen molar-refractivity contribution in [1.29, 1.82) is 0 Å². The molecule has 1 heterocycles. The number of carbonyl (C=O) groups is 1. The van der Waals surface area contributed by atoms with Crippen LogP contribution in [0.2, 0.25) is 10.0 Å². The molecule has 0 radical (unpaired) electrons. The molecule has 0 aromatic heterocycles. The van der Waals surface area contributed by atoms with Gasteiger partial charge in [0.1, 0.15) is 5.75 Å². The number of aryl methyl sites for hydroxylation is 1. The Morgan fingerprint density at radius 3 is 2.65 bits per heavy atom. The van der Waals surface area contributed by atoms with Crippen LogP contribution < -0.4 is 10.1 Å². The van der Waals surface area contributed by atoms with E-state index in [0.717, 1.165) is 23.3 Å². The highest BCUT2D eigenvalue weighted by Crippen LogP contribution is 2.34. The van der Waals surface area contributed by atoms with Gasteiger partial charge in [0.25, 0.3) is 0 Å². The van der Waals surface area contributed by atoms with Crippen LogP contribution in [-0.2, 0) is 11.2 Å². The fraction of sp³-hybridized carbons (Fsp3) is 0.278. The minimum absolute atomic E-state index is 0.0257. The van der Waals surface area contributed by atoms with Crippen LogP contribution in [0.4, 0.5) is 0 Å². The van der Waals surface area contributed by atoms with Gasteiger partial charge in [-0.2, -0.15) is 0 Å². The Labute approximate surface area is 145 Å². The first-order chi connectivity index (χ1) is 11.1. The fourth-order valence-corrected chi connectivity index (χ4v) is 3.00. The molecule has 2 aromatic rings. The lowest BCUT2D eigenvalue weighted by atomic mass is 10.00. The first-order valence-corrected chi connectivity index (χ1v) is 8.33. The van der Waals surface area contributed by atoms with Crippen LogP contribution in [0.1, 0.15) is 30.0 Å². The summed E-state index contributed by atoms with van der Waals surface area (Å²) < 4.78 is 5.61. The monoisotopic (exact) mass is 349 g/mol. The zero-order valence-corrected chi connectivity index (χ0v) is 14.0. The van der Waals surface area contributed by atoms with E-state index >= 15 is 0 Å². The van der Waals surface area contributed by atoms with Gasteiger partial charge in [-0.15, -0.1) is 0 Å². The summed E-state index contributed by atoms with van der Waals surface area (Å²) in [6, 6.07) is 13.0. The van der Waals surface area contributed by atoms with Gasteiger partial charge < -0.3 is 10.1 Å². The van der Waals surface area contributed by atoms with Crippen LogP contribution in [0.15, 0.2) is 42.5 Å². The smallest absolute Gasteiger partial charge is 0.220 e. The molecule has 0 fully saturated rings. The maximum Gasteiger partial charge on any atom is 0.220 e. The molecular weight excluding hydrogens is 333 g/mol. The molecule has 1 unspecified atom stereocenters. The van der Waals surface area contributed by atoms with Crippen molar-refractivity contribution < 1.29 is 9.53 Å². The van der Waals surface area contributed by atoms with Gasteiger partial charge in [0.15, 0.2) is 0 Å². The molecule has 1 aliphatic heterocycles. The van der Waals surface area contributed by atoms with Crippen LogP contribution in [0, 0.1) is 0 Å². The van der Waals surface area contributed by atoms with Gasteiger partial charge in [0.2, 0.25) is 5.91 Å². The van der Waals surface area contributed by atoms with Crippen molar-refractivity contribution in [2.45, 2.75) is 25.3 Å². The summed E-state index contributed by atoms with van der Waals surface area (Å²) in [6.45, 7) is 0.594. The van der Waals surface area contributed by atoms with Crippen molar-refractivity contribution in [1.82, 2.24) is 5.32 Å².